The van der Waals surface area contributed by atoms with E-state index in [0.717, 1.165) is 12.0 Å². The van der Waals surface area contributed by atoms with Crippen LogP contribution in [-0.2, 0) is 11.2 Å². The molecular formula is C12H14BrNO2. The van der Waals surface area contributed by atoms with Gasteiger partial charge in [-0.1, -0.05) is 34.6 Å². The van der Waals surface area contributed by atoms with Crippen molar-refractivity contribution >= 4 is 21.8 Å². The number of carbonyl (C=O) groups excluding carboxylic acids is 1. The van der Waals surface area contributed by atoms with Crippen LogP contribution in [0.2, 0.25) is 0 Å². The molecule has 0 aliphatic carbocycles. The van der Waals surface area contributed by atoms with E-state index in [1.807, 2.05) is 12.1 Å². The summed E-state index contributed by atoms with van der Waals surface area (Å²) in [5, 5.41) is 11.8. The Labute approximate surface area is 103 Å². The second-order valence-corrected chi connectivity index (χ2v) is 4.71. The van der Waals surface area contributed by atoms with Crippen LogP contribution in [-0.4, -0.2) is 22.4 Å². The molecule has 2 N–H and O–H groups in total. The maximum absolute atomic E-state index is 10.9. The molecule has 1 unspecified atom stereocenters. The number of nitrogens with one attached hydrogen (secondary N) is 1. The standard InChI is InChI=1S/C12H14BrNO2/c1-2-12(16)14-8-10(13)7-9-3-5-11(15)6-4-9/h2-6,10,15H,1,7-8H2,(H,14,16). The fourth-order valence-corrected chi connectivity index (χ4v) is 1.78. The number of halogens is 1. The van der Waals surface area contributed by atoms with Gasteiger partial charge in [0.15, 0.2) is 0 Å². The Balaban J connectivity index is 2.39. The normalized spacial score (nSPS) is 11.8. The minimum Gasteiger partial charge on any atom is -0.508 e. The van der Waals surface area contributed by atoms with Crippen LogP contribution in [0.3, 0.4) is 0 Å². The van der Waals surface area contributed by atoms with Crippen LogP contribution < -0.4 is 5.32 Å². The number of carbonyl (C=O) groups is 1. The maximum Gasteiger partial charge on any atom is 0.243 e. The van der Waals surface area contributed by atoms with Gasteiger partial charge >= 0.3 is 0 Å². The first-order chi connectivity index (χ1) is 7.61. The molecule has 0 bridgehead atoms. The van der Waals surface area contributed by atoms with Crippen molar-refractivity contribution in [2.24, 2.45) is 0 Å². The van der Waals surface area contributed by atoms with E-state index < -0.39 is 0 Å². The minimum absolute atomic E-state index is 0.168. The number of rotatable bonds is 5. The fraction of sp³-hybridized carbons (Fsp3) is 0.250. The zero-order chi connectivity index (χ0) is 12.0. The Kier molecular flexibility index (Phi) is 5.05. The van der Waals surface area contributed by atoms with E-state index in [0.29, 0.717) is 6.54 Å². The van der Waals surface area contributed by atoms with Gasteiger partial charge in [0.1, 0.15) is 5.75 Å². The van der Waals surface area contributed by atoms with E-state index in [2.05, 4.69) is 27.8 Å². The third-order valence-electron chi connectivity index (χ3n) is 2.08. The molecule has 0 heterocycles. The average Bonchev–Trinajstić information content (AvgIpc) is 2.29. The zero-order valence-corrected chi connectivity index (χ0v) is 10.4. The van der Waals surface area contributed by atoms with Crippen LogP contribution in [0.25, 0.3) is 0 Å². The summed E-state index contributed by atoms with van der Waals surface area (Å²) in [5.74, 6) is 0.0880. The van der Waals surface area contributed by atoms with E-state index in [4.69, 9.17) is 5.11 Å². The molecule has 0 saturated carbocycles. The molecule has 3 nitrogen and oxygen atoms in total. The van der Waals surface area contributed by atoms with Gasteiger partial charge in [-0.25, -0.2) is 0 Å². The smallest absolute Gasteiger partial charge is 0.243 e. The van der Waals surface area contributed by atoms with Crippen molar-refractivity contribution in [2.75, 3.05) is 6.54 Å². The number of benzene rings is 1. The molecule has 1 rings (SSSR count). The Hall–Kier alpha value is -1.29. The maximum atomic E-state index is 10.9. The van der Waals surface area contributed by atoms with Crippen LogP contribution in [0.5, 0.6) is 5.75 Å². The molecule has 1 amide bonds. The van der Waals surface area contributed by atoms with Crippen LogP contribution in [0, 0.1) is 0 Å². The molecule has 0 fully saturated rings. The van der Waals surface area contributed by atoms with Gasteiger partial charge in [-0.2, -0.15) is 0 Å². The highest BCUT2D eigenvalue weighted by atomic mass is 79.9. The molecule has 0 spiro atoms. The van der Waals surface area contributed by atoms with Crippen molar-refractivity contribution in [1.29, 1.82) is 0 Å². The number of amides is 1. The van der Waals surface area contributed by atoms with Gasteiger partial charge in [0.2, 0.25) is 5.91 Å². The van der Waals surface area contributed by atoms with Crippen molar-refractivity contribution in [3.8, 4) is 5.75 Å². The molecule has 0 saturated heterocycles. The second-order valence-electron chi connectivity index (χ2n) is 3.42. The number of phenols is 1. The van der Waals surface area contributed by atoms with E-state index in [-0.39, 0.29) is 16.5 Å². The van der Waals surface area contributed by atoms with Crippen LogP contribution in [0.15, 0.2) is 36.9 Å². The molecule has 1 atom stereocenters. The van der Waals surface area contributed by atoms with Crippen LogP contribution in [0.1, 0.15) is 5.56 Å². The number of phenolic OH excluding ortho intramolecular Hbond substituents is 1. The largest absolute Gasteiger partial charge is 0.508 e. The first-order valence-corrected chi connectivity index (χ1v) is 5.85. The lowest BCUT2D eigenvalue weighted by molar-refractivity contribution is -0.116. The summed E-state index contributed by atoms with van der Waals surface area (Å²) >= 11 is 3.48. The summed E-state index contributed by atoms with van der Waals surface area (Å²) < 4.78 is 0. The Bertz CT molecular complexity index is 362. The summed E-state index contributed by atoms with van der Waals surface area (Å²) in [6.07, 6.45) is 2.04. The van der Waals surface area contributed by atoms with Crippen molar-refractivity contribution in [2.45, 2.75) is 11.2 Å². The Morgan fingerprint density at radius 2 is 2.12 bits per heavy atom. The Morgan fingerprint density at radius 3 is 2.69 bits per heavy atom. The van der Waals surface area contributed by atoms with E-state index in [1.54, 1.807) is 12.1 Å². The minimum atomic E-state index is -0.171. The lowest BCUT2D eigenvalue weighted by Crippen LogP contribution is -2.28. The van der Waals surface area contributed by atoms with Gasteiger partial charge in [0, 0.05) is 11.4 Å². The van der Waals surface area contributed by atoms with Gasteiger partial charge in [-0.15, -0.1) is 0 Å². The second kappa shape index (κ2) is 6.33. The van der Waals surface area contributed by atoms with E-state index >= 15 is 0 Å². The molecule has 0 aromatic heterocycles. The molecule has 86 valence electrons. The first-order valence-electron chi connectivity index (χ1n) is 4.94. The molecule has 0 radical (unpaired) electrons. The molecule has 1 aromatic rings. The number of hydrogen-bond donors (Lipinski definition) is 2. The third-order valence-corrected chi connectivity index (χ3v) is 2.72. The number of aromatic hydroxyl groups is 1. The highest BCUT2D eigenvalue weighted by molar-refractivity contribution is 9.09. The van der Waals surface area contributed by atoms with E-state index in [9.17, 15) is 4.79 Å². The van der Waals surface area contributed by atoms with Gasteiger partial charge in [0.25, 0.3) is 0 Å². The van der Waals surface area contributed by atoms with Crippen molar-refractivity contribution in [3.05, 3.63) is 42.5 Å². The molecule has 0 aliphatic heterocycles. The lowest BCUT2D eigenvalue weighted by Gasteiger charge is -2.10. The topological polar surface area (TPSA) is 49.3 Å². The van der Waals surface area contributed by atoms with Gasteiger partial charge < -0.3 is 10.4 Å². The van der Waals surface area contributed by atoms with E-state index in [1.165, 1.54) is 6.08 Å². The Morgan fingerprint density at radius 1 is 1.50 bits per heavy atom. The predicted octanol–water partition coefficient (Wildman–Crippen LogP) is 2.00. The molecular weight excluding hydrogens is 270 g/mol. The van der Waals surface area contributed by atoms with Gasteiger partial charge in [0.05, 0.1) is 0 Å². The molecule has 16 heavy (non-hydrogen) atoms. The van der Waals surface area contributed by atoms with Crippen LogP contribution in [0.4, 0.5) is 0 Å². The SMILES string of the molecule is C=CC(=O)NCC(Br)Cc1ccc(O)cc1. The highest BCUT2D eigenvalue weighted by Crippen LogP contribution is 2.13. The zero-order valence-electron chi connectivity index (χ0n) is 8.82. The summed E-state index contributed by atoms with van der Waals surface area (Å²) in [5.41, 5.74) is 1.10. The third kappa shape index (κ3) is 4.49. The average molecular weight is 284 g/mol. The predicted molar refractivity (Wildman–Crippen MR) is 67.7 cm³/mol. The van der Waals surface area contributed by atoms with Crippen molar-refractivity contribution < 1.29 is 9.90 Å². The number of alkyl halides is 1. The fourth-order valence-electron chi connectivity index (χ4n) is 1.24. The first kappa shape index (κ1) is 12.8. The highest BCUT2D eigenvalue weighted by Gasteiger charge is 2.06. The monoisotopic (exact) mass is 283 g/mol. The summed E-state index contributed by atoms with van der Waals surface area (Å²) in [6.45, 7) is 3.92. The van der Waals surface area contributed by atoms with Crippen molar-refractivity contribution in [3.63, 3.8) is 0 Å². The van der Waals surface area contributed by atoms with Gasteiger partial charge in [-0.05, 0) is 30.2 Å². The molecule has 1 aromatic carbocycles. The lowest BCUT2D eigenvalue weighted by atomic mass is 10.1. The summed E-state index contributed by atoms with van der Waals surface area (Å²) in [6, 6.07) is 7.02. The molecule has 4 heteroatoms. The summed E-state index contributed by atoms with van der Waals surface area (Å²) in [4.78, 5) is 11.1. The quantitative estimate of drug-likeness (QED) is 0.642. The summed E-state index contributed by atoms with van der Waals surface area (Å²) in [7, 11) is 0. The molecule has 0 aliphatic rings. The number of hydrogen-bond acceptors (Lipinski definition) is 2. The van der Waals surface area contributed by atoms with Gasteiger partial charge in [-0.3, -0.25) is 4.79 Å². The van der Waals surface area contributed by atoms with Crippen molar-refractivity contribution in [1.82, 2.24) is 5.32 Å². The van der Waals surface area contributed by atoms with Crippen LogP contribution >= 0.6 is 15.9 Å².